The van der Waals surface area contributed by atoms with E-state index in [2.05, 4.69) is 188 Å². The standard InChI is InChI=1S/C51H43BN2/c1-34-28-46-48-47(29-34)54-49-42(50(2)26-13-14-27-51(50,54)3)31-40(37-20-11-6-12-21-37)32-44(49)52(48)43-25-24-39(36-18-9-5-10-19-36)33-45(43)53(46)41-23-15-22-38(30-41)35-16-7-4-8-17-35/h4-12,15-25,28-33H,13-14,26-27H2,1-3H3. The van der Waals surface area contributed by atoms with Crippen molar-refractivity contribution in [2.45, 2.75) is 57.4 Å². The molecule has 0 bridgehead atoms. The SMILES string of the molecule is Cc1cc2c3c(c1)N1c4c(cc(-c5ccccc5)cc4C4(C)CCCCC14C)B3c1ccc(-c3ccccc3)cc1N2c1cccc(-c2ccccc2)c1. The van der Waals surface area contributed by atoms with Gasteiger partial charge in [0.2, 0.25) is 0 Å². The van der Waals surface area contributed by atoms with Crippen molar-refractivity contribution in [1.29, 1.82) is 0 Å². The fraction of sp³-hybridized carbons (Fsp3) is 0.176. The van der Waals surface area contributed by atoms with Gasteiger partial charge in [0, 0.05) is 33.9 Å². The molecule has 3 heterocycles. The highest BCUT2D eigenvalue weighted by Crippen LogP contribution is 2.62. The first kappa shape index (κ1) is 31.7. The van der Waals surface area contributed by atoms with E-state index in [0.29, 0.717) is 0 Å². The van der Waals surface area contributed by atoms with Gasteiger partial charge in [0.25, 0.3) is 6.71 Å². The lowest BCUT2D eigenvalue weighted by Crippen LogP contribution is -2.64. The van der Waals surface area contributed by atoms with Gasteiger partial charge >= 0.3 is 0 Å². The third-order valence-electron chi connectivity index (χ3n) is 13.6. The van der Waals surface area contributed by atoms with Gasteiger partial charge < -0.3 is 9.80 Å². The molecule has 260 valence electrons. The molecule has 0 radical (unpaired) electrons. The Bertz CT molecular complexity index is 2620. The lowest BCUT2D eigenvalue weighted by Gasteiger charge is -2.52. The van der Waals surface area contributed by atoms with Crippen LogP contribution >= 0.6 is 0 Å². The summed E-state index contributed by atoms with van der Waals surface area (Å²) in [5.74, 6) is 0. The predicted molar refractivity (Wildman–Crippen MR) is 230 cm³/mol. The molecule has 0 N–H and O–H groups in total. The lowest BCUT2D eigenvalue weighted by molar-refractivity contribution is 0.195. The fourth-order valence-electron chi connectivity index (χ4n) is 10.8. The number of fused-ring (bicyclic) bond motifs is 7. The predicted octanol–water partition coefficient (Wildman–Crippen LogP) is 11.4. The summed E-state index contributed by atoms with van der Waals surface area (Å²) in [7, 11) is 0. The van der Waals surface area contributed by atoms with Gasteiger partial charge in [-0.3, -0.25) is 0 Å². The van der Waals surface area contributed by atoms with E-state index in [1.54, 1.807) is 0 Å². The molecule has 4 aliphatic rings. The average Bonchev–Trinajstić information content (AvgIpc) is 3.43. The molecular weight excluding hydrogens is 651 g/mol. The van der Waals surface area contributed by atoms with Crippen LogP contribution in [0.25, 0.3) is 33.4 Å². The number of aryl methyl sites for hydroxylation is 1. The maximum absolute atomic E-state index is 2.84. The van der Waals surface area contributed by atoms with Crippen LogP contribution in [-0.4, -0.2) is 12.3 Å². The normalized spacial score (nSPS) is 20.2. The molecule has 0 spiro atoms. The molecular formula is C51H43BN2. The molecule has 1 fully saturated rings. The van der Waals surface area contributed by atoms with Crippen molar-refractivity contribution < 1.29 is 0 Å². The molecule has 0 amide bonds. The Morgan fingerprint density at radius 2 is 1.11 bits per heavy atom. The summed E-state index contributed by atoms with van der Waals surface area (Å²) in [6.07, 6.45) is 4.93. The molecule has 2 atom stereocenters. The van der Waals surface area contributed by atoms with Crippen molar-refractivity contribution >= 4 is 51.5 Å². The zero-order valence-corrected chi connectivity index (χ0v) is 31.3. The topological polar surface area (TPSA) is 6.48 Å². The van der Waals surface area contributed by atoms with Crippen LogP contribution in [-0.2, 0) is 5.41 Å². The largest absolute Gasteiger partial charge is 0.335 e. The highest BCUT2D eigenvalue weighted by Gasteiger charge is 2.61. The number of hydrogen-bond donors (Lipinski definition) is 0. The molecule has 1 aliphatic carbocycles. The van der Waals surface area contributed by atoms with Crippen molar-refractivity contribution in [2.75, 3.05) is 9.80 Å². The zero-order valence-electron chi connectivity index (χ0n) is 31.3. The average molecular weight is 695 g/mol. The zero-order chi connectivity index (χ0) is 36.2. The van der Waals surface area contributed by atoms with Gasteiger partial charge in [-0.25, -0.2) is 0 Å². The Morgan fingerprint density at radius 3 is 1.81 bits per heavy atom. The van der Waals surface area contributed by atoms with Gasteiger partial charge in [-0.15, -0.1) is 0 Å². The molecule has 1 saturated carbocycles. The van der Waals surface area contributed by atoms with Crippen LogP contribution < -0.4 is 26.2 Å². The molecule has 11 rings (SSSR count). The Morgan fingerprint density at radius 1 is 0.500 bits per heavy atom. The van der Waals surface area contributed by atoms with Gasteiger partial charge in [0.05, 0.1) is 5.54 Å². The van der Waals surface area contributed by atoms with Crippen molar-refractivity contribution in [3.63, 3.8) is 0 Å². The van der Waals surface area contributed by atoms with E-state index in [0.717, 1.165) is 0 Å². The number of anilines is 5. The van der Waals surface area contributed by atoms with E-state index < -0.39 is 0 Å². The molecule has 54 heavy (non-hydrogen) atoms. The Kier molecular flexibility index (Phi) is 6.81. The van der Waals surface area contributed by atoms with Crippen LogP contribution in [0.4, 0.5) is 28.4 Å². The number of hydrogen-bond acceptors (Lipinski definition) is 2. The summed E-state index contributed by atoms with van der Waals surface area (Å²) in [4.78, 5) is 5.43. The second-order valence-electron chi connectivity index (χ2n) is 16.5. The van der Waals surface area contributed by atoms with Crippen molar-refractivity contribution in [2.24, 2.45) is 0 Å². The van der Waals surface area contributed by atoms with Crippen LogP contribution in [0.2, 0.25) is 0 Å². The highest BCUT2D eigenvalue weighted by atomic mass is 15.3. The van der Waals surface area contributed by atoms with Crippen molar-refractivity contribution in [3.8, 4) is 33.4 Å². The first-order valence-electron chi connectivity index (χ1n) is 19.8. The molecule has 7 aromatic rings. The number of benzene rings is 7. The number of rotatable bonds is 4. The minimum Gasteiger partial charge on any atom is -0.335 e. The molecule has 2 nitrogen and oxygen atoms in total. The van der Waals surface area contributed by atoms with Crippen LogP contribution in [0.1, 0.15) is 50.7 Å². The van der Waals surface area contributed by atoms with Gasteiger partial charge in [-0.05, 0) is 124 Å². The molecule has 0 aromatic heterocycles. The summed E-state index contributed by atoms with van der Waals surface area (Å²) in [5.41, 5.74) is 21.3. The van der Waals surface area contributed by atoms with Crippen molar-refractivity contribution in [3.05, 3.63) is 169 Å². The summed E-state index contributed by atoms with van der Waals surface area (Å²) < 4.78 is 0. The van der Waals surface area contributed by atoms with E-state index in [1.165, 1.54) is 115 Å². The van der Waals surface area contributed by atoms with E-state index in [4.69, 9.17) is 0 Å². The molecule has 3 heteroatoms. The van der Waals surface area contributed by atoms with Crippen molar-refractivity contribution in [1.82, 2.24) is 0 Å². The first-order valence-corrected chi connectivity index (χ1v) is 19.8. The summed E-state index contributed by atoms with van der Waals surface area (Å²) >= 11 is 0. The van der Waals surface area contributed by atoms with Gasteiger partial charge in [-0.2, -0.15) is 0 Å². The first-order chi connectivity index (χ1) is 26.4. The maximum Gasteiger partial charge on any atom is 0.252 e. The minimum atomic E-state index is -0.0281. The Balaban J connectivity index is 1.24. The quantitative estimate of drug-likeness (QED) is 0.169. The summed E-state index contributed by atoms with van der Waals surface area (Å²) in [5, 5.41) is 0. The van der Waals surface area contributed by atoms with Gasteiger partial charge in [0.1, 0.15) is 0 Å². The maximum atomic E-state index is 2.84. The smallest absolute Gasteiger partial charge is 0.252 e. The highest BCUT2D eigenvalue weighted by molar-refractivity contribution is 7.00. The molecule has 0 saturated heterocycles. The third kappa shape index (κ3) is 4.36. The van der Waals surface area contributed by atoms with E-state index >= 15 is 0 Å². The number of nitrogens with zero attached hydrogens (tertiary/aromatic N) is 2. The third-order valence-corrected chi connectivity index (χ3v) is 13.6. The lowest BCUT2D eigenvalue weighted by atomic mass is 9.33. The van der Waals surface area contributed by atoms with Gasteiger partial charge in [-0.1, -0.05) is 141 Å². The monoisotopic (exact) mass is 694 g/mol. The Labute approximate surface area is 319 Å². The van der Waals surface area contributed by atoms with Gasteiger partial charge in [0.15, 0.2) is 0 Å². The molecule has 7 aromatic carbocycles. The second kappa shape index (κ2) is 11.6. The van der Waals surface area contributed by atoms with Crippen LogP contribution in [0.15, 0.2) is 158 Å². The fourth-order valence-corrected chi connectivity index (χ4v) is 10.8. The van der Waals surface area contributed by atoms with Crippen LogP contribution in [0, 0.1) is 6.92 Å². The van der Waals surface area contributed by atoms with E-state index in [-0.39, 0.29) is 17.7 Å². The van der Waals surface area contributed by atoms with E-state index in [9.17, 15) is 0 Å². The minimum absolute atomic E-state index is 0.0281. The molecule has 2 unspecified atom stereocenters. The Hall–Kier alpha value is -5.80. The van der Waals surface area contributed by atoms with Crippen LogP contribution in [0.5, 0.6) is 0 Å². The van der Waals surface area contributed by atoms with E-state index in [1.807, 2.05) is 0 Å². The summed E-state index contributed by atoms with van der Waals surface area (Å²) in [6, 6.07) is 59.3. The molecule has 3 aliphatic heterocycles. The summed E-state index contributed by atoms with van der Waals surface area (Å²) in [6.45, 7) is 7.57. The van der Waals surface area contributed by atoms with Crippen LogP contribution in [0.3, 0.4) is 0 Å². The second-order valence-corrected chi connectivity index (χ2v) is 16.5.